The van der Waals surface area contributed by atoms with Crippen LogP contribution in [-0.4, -0.2) is 22.3 Å². The molecule has 6 nitrogen and oxygen atoms in total. The number of aryl methyl sites for hydroxylation is 1. The smallest absolute Gasteiger partial charge is 0.249 e. The van der Waals surface area contributed by atoms with Crippen molar-refractivity contribution in [3.63, 3.8) is 0 Å². The molecular formula is C17H17N5O. The van der Waals surface area contributed by atoms with E-state index in [0.717, 1.165) is 22.7 Å². The second kappa shape index (κ2) is 6.74. The van der Waals surface area contributed by atoms with Crippen molar-refractivity contribution in [3.05, 3.63) is 60.3 Å². The fourth-order valence-electron chi connectivity index (χ4n) is 2.10. The number of hydrogen-bond donors (Lipinski definition) is 2. The molecule has 0 saturated carbocycles. The summed E-state index contributed by atoms with van der Waals surface area (Å²) in [5.41, 5.74) is 2.95. The number of ether oxygens (including phenoxy) is 1. The third kappa shape index (κ3) is 3.74. The zero-order chi connectivity index (χ0) is 16.1. The molecule has 0 radical (unpaired) electrons. The number of hydrogen-bond acceptors (Lipinski definition) is 6. The Morgan fingerprint density at radius 1 is 1.00 bits per heavy atom. The summed E-state index contributed by atoms with van der Waals surface area (Å²) in [7, 11) is 1.63. The van der Waals surface area contributed by atoms with Crippen LogP contribution in [0.2, 0.25) is 0 Å². The maximum absolute atomic E-state index is 5.20. The van der Waals surface area contributed by atoms with Crippen molar-refractivity contribution in [3.8, 4) is 5.75 Å². The number of aromatic nitrogens is 3. The van der Waals surface area contributed by atoms with Gasteiger partial charge in [-0.2, -0.15) is 10.1 Å². The van der Waals surface area contributed by atoms with E-state index in [1.807, 2.05) is 55.5 Å². The van der Waals surface area contributed by atoms with E-state index in [0.29, 0.717) is 11.8 Å². The third-order valence-electron chi connectivity index (χ3n) is 3.29. The van der Waals surface area contributed by atoms with Crippen LogP contribution < -0.4 is 15.4 Å². The van der Waals surface area contributed by atoms with Gasteiger partial charge in [-0.15, -0.1) is 5.10 Å². The van der Waals surface area contributed by atoms with E-state index in [9.17, 15) is 0 Å². The fraction of sp³-hybridized carbons (Fsp3) is 0.118. The Bertz CT molecular complexity index is 806. The van der Waals surface area contributed by atoms with Gasteiger partial charge in [-0.05, 0) is 30.7 Å². The molecule has 0 saturated heterocycles. The monoisotopic (exact) mass is 307 g/mol. The molecule has 3 aromatic rings. The lowest BCUT2D eigenvalue weighted by Crippen LogP contribution is -2.03. The van der Waals surface area contributed by atoms with Crippen LogP contribution in [-0.2, 0) is 0 Å². The van der Waals surface area contributed by atoms with Crippen molar-refractivity contribution in [2.45, 2.75) is 6.92 Å². The minimum atomic E-state index is 0.414. The molecule has 2 N–H and O–H groups in total. The Labute approximate surface area is 134 Å². The van der Waals surface area contributed by atoms with Crippen molar-refractivity contribution >= 4 is 23.1 Å². The predicted molar refractivity (Wildman–Crippen MR) is 90.6 cm³/mol. The first-order valence-corrected chi connectivity index (χ1v) is 7.18. The molecule has 0 amide bonds. The van der Waals surface area contributed by atoms with Gasteiger partial charge in [0, 0.05) is 17.4 Å². The van der Waals surface area contributed by atoms with Crippen LogP contribution in [0.15, 0.2) is 54.7 Å². The summed E-state index contributed by atoms with van der Waals surface area (Å²) in [5, 5.41) is 14.3. The third-order valence-corrected chi connectivity index (χ3v) is 3.29. The zero-order valence-corrected chi connectivity index (χ0v) is 12.9. The van der Waals surface area contributed by atoms with Crippen molar-refractivity contribution in [2.24, 2.45) is 0 Å². The molecule has 116 valence electrons. The van der Waals surface area contributed by atoms with Gasteiger partial charge >= 0.3 is 0 Å². The molecule has 23 heavy (non-hydrogen) atoms. The number of rotatable bonds is 5. The predicted octanol–water partition coefficient (Wildman–Crippen LogP) is 3.68. The van der Waals surface area contributed by atoms with Crippen molar-refractivity contribution < 1.29 is 4.74 Å². The molecule has 0 aliphatic heterocycles. The average Bonchev–Trinajstić information content (AvgIpc) is 2.57. The first-order chi connectivity index (χ1) is 11.2. The number of nitrogens with zero attached hydrogens (tertiary/aromatic N) is 3. The van der Waals surface area contributed by atoms with Gasteiger partial charge in [-0.25, -0.2) is 0 Å². The molecule has 3 rings (SSSR count). The molecule has 1 aromatic heterocycles. The second-order valence-electron chi connectivity index (χ2n) is 4.96. The standard InChI is InChI=1S/C17H17N5O/c1-12-6-3-4-9-15(12)20-16-11-18-22-17(21-16)19-13-7-5-8-14(10-13)23-2/h3-11H,1-2H3,(H2,19,20,21,22). The van der Waals surface area contributed by atoms with Gasteiger partial charge in [0.1, 0.15) is 5.75 Å². The average molecular weight is 307 g/mol. The van der Waals surface area contributed by atoms with Gasteiger partial charge in [-0.3, -0.25) is 0 Å². The van der Waals surface area contributed by atoms with Gasteiger partial charge in [0.05, 0.1) is 13.3 Å². The lowest BCUT2D eigenvalue weighted by atomic mass is 10.2. The highest BCUT2D eigenvalue weighted by atomic mass is 16.5. The molecular weight excluding hydrogens is 290 g/mol. The number of methoxy groups -OCH3 is 1. The van der Waals surface area contributed by atoms with Crippen LogP contribution in [0.25, 0.3) is 0 Å². The van der Waals surface area contributed by atoms with Crippen LogP contribution in [0.3, 0.4) is 0 Å². The van der Waals surface area contributed by atoms with E-state index >= 15 is 0 Å². The minimum Gasteiger partial charge on any atom is -0.497 e. The first-order valence-electron chi connectivity index (χ1n) is 7.18. The molecule has 0 aliphatic carbocycles. The molecule has 0 spiro atoms. The summed E-state index contributed by atoms with van der Waals surface area (Å²) >= 11 is 0. The topological polar surface area (TPSA) is 72.0 Å². The number of anilines is 4. The van der Waals surface area contributed by atoms with E-state index in [2.05, 4.69) is 25.8 Å². The van der Waals surface area contributed by atoms with Crippen LogP contribution in [0.1, 0.15) is 5.56 Å². The molecule has 0 fully saturated rings. The van der Waals surface area contributed by atoms with Gasteiger partial charge in [0.2, 0.25) is 5.95 Å². The number of nitrogens with one attached hydrogen (secondary N) is 2. The molecule has 1 heterocycles. The van der Waals surface area contributed by atoms with E-state index in [1.165, 1.54) is 0 Å². The van der Waals surface area contributed by atoms with Crippen LogP contribution in [0.4, 0.5) is 23.1 Å². The summed E-state index contributed by atoms with van der Waals surface area (Å²) in [6.45, 7) is 2.03. The normalized spacial score (nSPS) is 10.2. The SMILES string of the molecule is COc1cccc(Nc2nncc(Nc3ccccc3C)n2)c1. The summed E-state index contributed by atoms with van der Waals surface area (Å²) in [6.07, 6.45) is 1.59. The Hall–Kier alpha value is -3.15. The quantitative estimate of drug-likeness (QED) is 0.749. The van der Waals surface area contributed by atoms with Crippen molar-refractivity contribution in [1.82, 2.24) is 15.2 Å². The Kier molecular flexibility index (Phi) is 4.33. The van der Waals surface area contributed by atoms with E-state index in [1.54, 1.807) is 13.3 Å². The molecule has 6 heteroatoms. The highest BCUT2D eigenvalue weighted by molar-refractivity contribution is 5.61. The van der Waals surface area contributed by atoms with Gasteiger partial charge in [-0.1, -0.05) is 24.3 Å². The van der Waals surface area contributed by atoms with Crippen LogP contribution in [0.5, 0.6) is 5.75 Å². The van der Waals surface area contributed by atoms with Gasteiger partial charge in [0.15, 0.2) is 5.82 Å². The molecule has 0 bridgehead atoms. The minimum absolute atomic E-state index is 0.414. The Balaban J connectivity index is 1.78. The second-order valence-corrected chi connectivity index (χ2v) is 4.96. The van der Waals surface area contributed by atoms with E-state index < -0.39 is 0 Å². The zero-order valence-electron chi connectivity index (χ0n) is 12.9. The molecule has 0 unspecified atom stereocenters. The maximum Gasteiger partial charge on any atom is 0.249 e. The summed E-state index contributed by atoms with van der Waals surface area (Å²) in [5.74, 6) is 1.80. The first kappa shape index (κ1) is 14.8. The van der Waals surface area contributed by atoms with Gasteiger partial charge < -0.3 is 15.4 Å². The lowest BCUT2D eigenvalue weighted by molar-refractivity contribution is 0.415. The summed E-state index contributed by atoms with van der Waals surface area (Å²) in [4.78, 5) is 4.42. The van der Waals surface area contributed by atoms with Crippen molar-refractivity contribution in [2.75, 3.05) is 17.7 Å². The molecule has 0 aliphatic rings. The van der Waals surface area contributed by atoms with E-state index in [4.69, 9.17) is 4.74 Å². The molecule has 0 atom stereocenters. The van der Waals surface area contributed by atoms with Crippen LogP contribution >= 0.6 is 0 Å². The lowest BCUT2D eigenvalue weighted by Gasteiger charge is -2.10. The maximum atomic E-state index is 5.20. The molecule has 2 aromatic carbocycles. The Morgan fingerprint density at radius 2 is 1.87 bits per heavy atom. The van der Waals surface area contributed by atoms with Gasteiger partial charge in [0.25, 0.3) is 0 Å². The Morgan fingerprint density at radius 3 is 2.70 bits per heavy atom. The number of para-hydroxylation sites is 1. The summed E-state index contributed by atoms with van der Waals surface area (Å²) < 4.78 is 5.20. The highest BCUT2D eigenvalue weighted by Crippen LogP contribution is 2.21. The number of benzene rings is 2. The van der Waals surface area contributed by atoms with Crippen molar-refractivity contribution in [1.29, 1.82) is 0 Å². The summed E-state index contributed by atoms with van der Waals surface area (Å²) in [6, 6.07) is 15.5. The largest absolute Gasteiger partial charge is 0.497 e. The van der Waals surface area contributed by atoms with E-state index in [-0.39, 0.29) is 0 Å². The highest BCUT2D eigenvalue weighted by Gasteiger charge is 2.04. The van der Waals surface area contributed by atoms with Crippen LogP contribution in [0, 0.1) is 6.92 Å². The fourth-order valence-corrected chi connectivity index (χ4v) is 2.10.